The van der Waals surface area contributed by atoms with Crippen LogP contribution in [0.5, 0.6) is 0 Å². The molecule has 0 bridgehead atoms. The molecule has 1 unspecified atom stereocenters. The largest absolute Gasteiger partial charge is 0.380 e. The molecule has 1 saturated heterocycles. The Bertz CT molecular complexity index is 238. The molecule has 0 aromatic rings. The Kier molecular flexibility index (Phi) is 2.49. The lowest BCUT2D eigenvalue weighted by atomic mass is 10.1. The van der Waals surface area contributed by atoms with Gasteiger partial charge in [-0.15, -0.1) is 0 Å². The fraction of sp³-hybridized carbons (Fsp3) is 0.900. The molecule has 4 nitrogen and oxygen atoms in total. The molecule has 4 heteroatoms. The standard InChI is InChI=1S/C10H18N2O2/c1-14-8-2-5-12(6-8)9(13)10(7-11)3-4-10/h8H,2-7,11H2,1H3. The topological polar surface area (TPSA) is 55.6 Å². The van der Waals surface area contributed by atoms with Crippen LogP contribution in [-0.2, 0) is 9.53 Å². The van der Waals surface area contributed by atoms with Crippen molar-refractivity contribution in [2.24, 2.45) is 11.1 Å². The third kappa shape index (κ3) is 1.53. The van der Waals surface area contributed by atoms with Gasteiger partial charge in [-0.05, 0) is 19.3 Å². The van der Waals surface area contributed by atoms with Gasteiger partial charge in [0.05, 0.1) is 11.5 Å². The molecule has 14 heavy (non-hydrogen) atoms. The quantitative estimate of drug-likeness (QED) is 0.693. The zero-order chi connectivity index (χ0) is 10.2. The molecule has 2 rings (SSSR count). The van der Waals surface area contributed by atoms with Gasteiger partial charge < -0.3 is 15.4 Å². The Hall–Kier alpha value is -0.610. The van der Waals surface area contributed by atoms with E-state index >= 15 is 0 Å². The van der Waals surface area contributed by atoms with Crippen LogP contribution >= 0.6 is 0 Å². The van der Waals surface area contributed by atoms with Gasteiger partial charge in [-0.25, -0.2) is 0 Å². The molecule has 1 atom stereocenters. The van der Waals surface area contributed by atoms with Crippen molar-refractivity contribution in [1.29, 1.82) is 0 Å². The van der Waals surface area contributed by atoms with Gasteiger partial charge in [0.15, 0.2) is 0 Å². The maximum Gasteiger partial charge on any atom is 0.230 e. The van der Waals surface area contributed by atoms with Crippen molar-refractivity contribution in [3.05, 3.63) is 0 Å². The molecule has 2 fully saturated rings. The number of amides is 1. The summed E-state index contributed by atoms with van der Waals surface area (Å²) in [4.78, 5) is 13.9. The molecule has 1 amide bonds. The minimum atomic E-state index is -0.192. The van der Waals surface area contributed by atoms with Gasteiger partial charge >= 0.3 is 0 Å². The lowest BCUT2D eigenvalue weighted by Crippen LogP contribution is -2.39. The first-order chi connectivity index (χ1) is 6.72. The van der Waals surface area contributed by atoms with Crippen LogP contribution in [-0.4, -0.2) is 43.7 Å². The zero-order valence-corrected chi connectivity index (χ0v) is 8.66. The van der Waals surface area contributed by atoms with E-state index in [1.165, 1.54) is 0 Å². The minimum Gasteiger partial charge on any atom is -0.380 e. The number of nitrogens with zero attached hydrogens (tertiary/aromatic N) is 1. The van der Waals surface area contributed by atoms with Gasteiger partial charge in [-0.2, -0.15) is 0 Å². The number of carbonyl (C=O) groups is 1. The summed E-state index contributed by atoms with van der Waals surface area (Å²) in [5.41, 5.74) is 5.43. The van der Waals surface area contributed by atoms with Crippen LogP contribution in [0.2, 0.25) is 0 Å². The number of methoxy groups -OCH3 is 1. The highest BCUT2D eigenvalue weighted by atomic mass is 16.5. The van der Waals surface area contributed by atoms with Crippen molar-refractivity contribution in [1.82, 2.24) is 4.90 Å². The van der Waals surface area contributed by atoms with Gasteiger partial charge in [-0.3, -0.25) is 4.79 Å². The Morgan fingerprint density at radius 2 is 2.36 bits per heavy atom. The lowest BCUT2D eigenvalue weighted by molar-refractivity contribution is -0.136. The van der Waals surface area contributed by atoms with Crippen LogP contribution in [0, 0.1) is 5.41 Å². The van der Waals surface area contributed by atoms with Gasteiger partial charge in [-0.1, -0.05) is 0 Å². The first-order valence-corrected chi connectivity index (χ1v) is 5.24. The fourth-order valence-electron chi connectivity index (χ4n) is 2.10. The second-order valence-electron chi connectivity index (χ2n) is 4.38. The fourth-order valence-corrected chi connectivity index (χ4v) is 2.10. The SMILES string of the molecule is COC1CCN(C(=O)C2(CN)CC2)C1. The highest BCUT2D eigenvalue weighted by Gasteiger charge is 2.51. The predicted octanol–water partition coefficient (Wildman–Crippen LogP) is -0.0274. The van der Waals surface area contributed by atoms with E-state index in [1.807, 2.05) is 4.90 Å². The number of carbonyl (C=O) groups excluding carboxylic acids is 1. The van der Waals surface area contributed by atoms with Crippen molar-refractivity contribution in [3.63, 3.8) is 0 Å². The normalized spacial score (nSPS) is 29.3. The molecule has 1 aliphatic heterocycles. The van der Waals surface area contributed by atoms with E-state index in [2.05, 4.69) is 0 Å². The second kappa shape index (κ2) is 3.51. The van der Waals surface area contributed by atoms with E-state index in [0.717, 1.165) is 32.4 Å². The molecule has 1 saturated carbocycles. The summed E-state index contributed by atoms with van der Waals surface area (Å²) in [5, 5.41) is 0. The molecule has 2 aliphatic rings. The summed E-state index contributed by atoms with van der Waals surface area (Å²) in [6.07, 6.45) is 3.13. The minimum absolute atomic E-state index is 0.192. The Balaban J connectivity index is 1.93. The molecule has 0 spiro atoms. The number of rotatable bonds is 3. The van der Waals surface area contributed by atoms with Crippen LogP contribution in [0.4, 0.5) is 0 Å². The summed E-state index contributed by atoms with van der Waals surface area (Å²) in [6, 6.07) is 0. The average molecular weight is 198 g/mol. The van der Waals surface area contributed by atoms with E-state index < -0.39 is 0 Å². The van der Waals surface area contributed by atoms with Crippen molar-refractivity contribution in [2.75, 3.05) is 26.7 Å². The Labute approximate surface area is 84.4 Å². The van der Waals surface area contributed by atoms with E-state index in [1.54, 1.807) is 7.11 Å². The van der Waals surface area contributed by atoms with Crippen molar-refractivity contribution in [3.8, 4) is 0 Å². The van der Waals surface area contributed by atoms with Crippen LogP contribution in [0.15, 0.2) is 0 Å². The van der Waals surface area contributed by atoms with Crippen LogP contribution in [0.25, 0.3) is 0 Å². The van der Waals surface area contributed by atoms with Crippen LogP contribution < -0.4 is 5.73 Å². The number of ether oxygens (including phenoxy) is 1. The number of nitrogens with two attached hydrogens (primary N) is 1. The van der Waals surface area contributed by atoms with Crippen molar-refractivity contribution >= 4 is 5.91 Å². The molecule has 1 aliphatic carbocycles. The summed E-state index contributed by atoms with van der Waals surface area (Å²) < 4.78 is 5.23. The third-order valence-corrected chi connectivity index (χ3v) is 3.46. The van der Waals surface area contributed by atoms with Crippen molar-refractivity contribution < 1.29 is 9.53 Å². The van der Waals surface area contributed by atoms with E-state index in [0.29, 0.717) is 6.54 Å². The van der Waals surface area contributed by atoms with E-state index in [9.17, 15) is 4.79 Å². The van der Waals surface area contributed by atoms with E-state index in [-0.39, 0.29) is 17.4 Å². The highest BCUT2D eigenvalue weighted by Crippen LogP contribution is 2.46. The summed E-state index contributed by atoms with van der Waals surface area (Å²) in [5.74, 6) is 0.250. The summed E-state index contributed by atoms with van der Waals surface area (Å²) in [7, 11) is 1.70. The average Bonchev–Trinajstić information content (AvgIpc) is 2.88. The summed E-state index contributed by atoms with van der Waals surface area (Å²) in [6.45, 7) is 2.08. The molecule has 0 aromatic carbocycles. The predicted molar refractivity (Wildman–Crippen MR) is 52.7 cm³/mol. The zero-order valence-electron chi connectivity index (χ0n) is 8.66. The second-order valence-corrected chi connectivity index (χ2v) is 4.38. The summed E-state index contributed by atoms with van der Waals surface area (Å²) >= 11 is 0. The molecule has 0 aromatic heterocycles. The number of hydrogen-bond acceptors (Lipinski definition) is 3. The number of likely N-dealkylation sites (tertiary alicyclic amines) is 1. The first kappa shape index (κ1) is 9.93. The monoisotopic (exact) mass is 198 g/mol. The van der Waals surface area contributed by atoms with Gasteiger partial charge in [0, 0.05) is 26.7 Å². The Morgan fingerprint density at radius 3 is 2.79 bits per heavy atom. The maximum atomic E-state index is 12.0. The third-order valence-electron chi connectivity index (χ3n) is 3.46. The molecule has 1 heterocycles. The molecular formula is C10H18N2O2. The van der Waals surface area contributed by atoms with Crippen LogP contribution in [0.3, 0.4) is 0 Å². The maximum absolute atomic E-state index is 12.0. The van der Waals surface area contributed by atoms with Crippen LogP contribution in [0.1, 0.15) is 19.3 Å². The molecular weight excluding hydrogens is 180 g/mol. The molecule has 2 N–H and O–H groups in total. The van der Waals surface area contributed by atoms with E-state index in [4.69, 9.17) is 10.5 Å². The van der Waals surface area contributed by atoms with Gasteiger partial charge in [0.2, 0.25) is 5.91 Å². The van der Waals surface area contributed by atoms with Gasteiger partial charge in [0.1, 0.15) is 0 Å². The molecule has 0 radical (unpaired) electrons. The highest BCUT2D eigenvalue weighted by molar-refractivity contribution is 5.85. The lowest BCUT2D eigenvalue weighted by Gasteiger charge is -2.21. The molecule has 80 valence electrons. The first-order valence-electron chi connectivity index (χ1n) is 5.24. The number of hydrogen-bond donors (Lipinski definition) is 1. The Morgan fingerprint density at radius 1 is 1.64 bits per heavy atom. The smallest absolute Gasteiger partial charge is 0.230 e. The van der Waals surface area contributed by atoms with Crippen molar-refractivity contribution in [2.45, 2.75) is 25.4 Å². The van der Waals surface area contributed by atoms with Gasteiger partial charge in [0.25, 0.3) is 0 Å².